The summed E-state index contributed by atoms with van der Waals surface area (Å²) in [4.78, 5) is 16.8. The second kappa shape index (κ2) is 6.29. The second-order valence-electron chi connectivity index (χ2n) is 5.18. The van der Waals surface area contributed by atoms with Crippen LogP contribution in [-0.4, -0.2) is 35.6 Å². The highest BCUT2D eigenvalue weighted by Gasteiger charge is 2.23. The van der Waals surface area contributed by atoms with E-state index in [4.69, 9.17) is 0 Å². The fourth-order valence-electron chi connectivity index (χ4n) is 2.33. The molecule has 6 nitrogen and oxygen atoms in total. The fraction of sp³-hybridized carbons (Fsp3) is 0.750. The highest BCUT2D eigenvalue weighted by molar-refractivity contribution is 7.18. The van der Waals surface area contributed by atoms with Gasteiger partial charge < -0.3 is 10.2 Å². The highest BCUT2D eigenvalue weighted by Crippen LogP contribution is 2.30. The maximum atomic E-state index is 10.7. The molecule has 19 heavy (non-hydrogen) atoms. The maximum absolute atomic E-state index is 10.7. The third kappa shape index (κ3) is 3.63. The average molecular weight is 284 g/mol. The van der Waals surface area contributed by atoms with E-state index in [2.05, 4.69) is 29.0 Å². The molecule has 0 spiro atoms. The third-order valence-electron chi connectivity index (χ3n) is 3.44. The van der Waals surface area contributed by atoms with Gasteiger partial charge in [0, 0.05) is 12.6 Å². The van der Waals surface area contributed by atoms with Crippen LogP contribution in [0.3, 0.4) is 0 Å². The quantitative estimate of drug-likeness (QED) is 0.663. The van der Waals surface area contributed by atoms with Crippen LogP contribution in [0.15, 0.2) is 6.20 Å². The molecular weight excluding hydrogens is 264 g/mol. The summed E-state index contributed by atoms with van der Waals surface area (Å²) in [6.45, 7) is 7.27. The Balaban J connectivity index is 2.07. The van der Waals surface area contributed by atoms with Gasteiger partial charge in [0.15, 0.2) is 5.13 Å². The molecule has 0 saturated carbocycles. The Morgan fingerprint density at radius 1 is 1.58 bits per heavy atom. The van der Waals surface area contributed by atoms with E-state index in [1.807, 2.05) is 0 Å². The van der Waals surface area contributed by atoms with E-state index in [0.717, 1.165) is 37.6 Å². The molecular formula is C12H20N4O2S. The minimum Gasteiger partial charge on any atom is -0.345 e. The lowest BCUT2D eigenvalue weighted by Crippen LogP contribution is -2.39. The first-order chi connectivity index (χ1) is 9.08. The van der Waals surface area contributed by atoms with Crippen molar-refractivity contribution in [3.63, 3.8) is 0 Å². The average Bonchev–Trinajstić information content (AvgIpc) is 2.86. The van der Waals surface area contributed by atoms with Gasteiger partial charge in [0.2, 0.25) is 0 Å². The lowest BCUT2D eigenvalue weighted by Gasteiger charge is -2.32. The molecule has 1 fully saturated rings. The Hall–Kier alpha value is -1.21. The molecule has 1 aromatic rings. The van der Waals surface area contributed by atoms with E-state index in [1.165, 1.54) is 17.5 Å². The molecule has 2 heterocycles. The molecule has 1 aromatic heterocycles. The van der Waals surface area contributed by atoms with Gasteiger partial charge in [0.1, 0.15) is 6.20 Å². The summed E-state index contributed by atoms with van der Waals surface area (Å²) in [5, 5.41) is 15.0. The fourth-order valence-corrected chi connectivity index (χ4v) is 3.20. The number of piperidine rings is 1. The minimum atomic E-state index is -0.371. The van der Waals surface area contributed by atoms with Crippen molar-refractivity contribution >= 4 is 21.5 Å². The molecule has 1 saturated heterocycles. The zero-order chi connectivity index (χ0) is 13.8. The first-order valence-electron chi connectivity index (χ1n) is 6.65. The Bertz CT molecular complexity index is 429. The molecule has 1 aliphatic heterocycles. The molecule has 0 amide bonds. The van der Waals surface area contributed by atoms with Crippen LogP contribution in [0.5, 0.6) is 0 Å². The third-order valence-corrected chi connectivity index (χ3v) is 4.43. The van der Waals surface area contributed by atoms with E-state index in [1.54, 1.807) is 0 Å². The summed E-state index contributed by atoms with van der Waals surface area (Å²) in [7, 11) is 0. The molecule has 0 aromatic carbocycles. The first-order valence-corrected chi connectivity index (χ1v) is 7.47. The largest absolute Gasteiger partial charge is 0.345 e. The Morgan fingerprint density at radius 3 is 2.79 bits per heavy atom. The molecule has 0 atom stereocenters. The van der Waals surface area contributed by atoms with E-state index < -0.39 is 0 Å². The summed E-state index contributed by atoms with van der Waals surface area (Å²) in [5.74, 6) is 0.645. The topological polar surface area (TPSA) is 71.3 Å². The number of nitro groups is 1. The lowest BCUT2D eigenvalue weighted by molar-refractivity contribution is -0.380. The number of nitrogens with zero attached hydrogens (tertiary/aromatic N) is 3. The number of thiazole rings is 1. The standard InChI is InChI=1S/C12H20N4O2S/c1-9(2)15(8-10-3-5-13-6-4-10)12-14-7-11(19-12)16(17)18/h7,9-10,13H,3-6,8H2,1-2H3. The van der Waals surface area contributed by atoms with Crippen molar-refractivity contribution < 1.29 is 4.92 Å². The van der Waals surface area contributed by atoms with Crippen molar-refractivity contribution in [2.45, 2.75) is 32.7 Å². The van der Waals surface area contributed by atoms with Crippen LogP contribution in [0.25, 0.3) is 0 Å². The van der Waals surface area contributed by atoms with Crippen molar-refractivity contribution in [3.8, 4) is 0 Å². The van der Waals surface area contributed by atoms with Crippen LogP contribution in [0.2, 0.25) is 0 Å². The number of hydrogen-bond donors (Lipinski definition) is 1. The maximum Gasteiger partial charge on any atom is 0.345 e. The number of rotatable bonds is 5. The van der Waals surface area contributed by atoms with Crippen molar-refractivity contribution in [3.05, 3.63) is 16.3 Å². The van der Waals surface area contributed by atoms with Gasteiger partial charge >= 0.3 is 5.00 Å². The summed E-state index contributed by atoms with van der Waals surface area (Å²) in [6, 6.07) is 0.306. The van der Waals surface area contributed by atoms with Crippen molar-refractivity contribution in [2.75, 3.05) is 24.5 Å². The molecule has 1 N–H and O–H groups in total. The number of nitrogens with one attached hydrogen (secondary N) is 1. The predicted molar refractivity (Wildman–Crippen MR) is 76.8 cm³/mol. The Kier molecular flexibility index (Phi) is 4.71. The zero-order valence-corrected chi connectivity index (χ0v) is 12.2. The molecule has 106 valence electrons. The highest BCUT2D eigenvalue weighted by atomic mass is 32.1. The number of anilines is 1. The van der Waals surface area contributed by atoms with Crippen LogP contribution >= 0.6 is 11.3 Å². The number of aromatic nitrogens is 1. The molecule has 2 rings (SSSR count). The van der Waals surface area contributed by atoms with Crippen molar-refractivity contribution in [2.24, 2.45) is 5.92 Å². The van der Waals surface area contributed by atoms with E-state index in [0.29, 0.717) is 12.0 Å². The van der Waals surface area contributed by atoms with Gasteiger partial charge in [-0.15, -0.1) is 0 Å². The van der Waals surface area contributed by atoms with Gasteiger partial charge in [-0.05, 0) is 57.0 Å². The van der Waals surface area contributed by atoms with Gasteiger partial charge in [-0.2, -0.15) is 0 Å². The van der Waals surface area contributed by atoms with Crippen LogP contribution in [0, 0.1) is 16.0 Å². The normalized spacial score (nSPS) is 16.8. The van der Waals surface area contributed by atoms with E-state index in [9.17, 15) is 10.1 Å². The predicted octanol–water partition coefficient (Wildman–Crippen LogP) is 2.27. The van der Waals surface area contributed by atoms with Crippen LogP contribution < -0.4 is 10.2 Å². The summed E-state index contributed by atoms with van der Waals surface area (Å²) < 4.78 is 0. The second-order valence-corrected chi connectivity index (χ2v) is 6.17. The molecule has 0 aliphatic carbocycles. The number of hydrogen-bond acceptors (Lipinski definition) is 6. The van der Waals surface area contributed by atoms with E-state index in [-0.39, 0.29) is 9.92 Å². The van der Waals surface area contributed by atoms with Crippen molar-refractivity contribution in [1.29, 1.82) is 0 Å². The van der Waals surface area contributed by atoms with Crippen LogP contribution in [0.1, 0.15) is 26.7 Å². The zero-order valence-electron chi connectivity index (χ0n) is 11.3. The monoisotopic (exact) mass is 284 g/mol. The summed E-state index contributed by atoms with van der Waals surface area (Å²) >= 11 is 1.17. The summed E-state index contributed by atoms with van der Waals surface area (Å²) in [6.07, 6.45) is 3.69. The molecule has 1 aliphatic rings. The minimum absolute atomic E-state index is 0.117. The van der Waals surface area contributed by atoms with Gasteiger partial charge in [0.05, 0.1) is 4.92 Å². The molecule has 7 heteroatoms. The molecule has 0 bridgehead atoms. The van der Waals surface area contributed by atoms with Crippen LogP contribution in [0.4, 0.5) is 10.1 Å². The smallest absolute Gasteiger partial charge is 0.345 e. The lowest BCUT2D eigenvalue weighted by atomic mass is 9.97. The molecule has 0 radical (unpaired) electrons. The van der Waals surface area contributed by atoms with Gasteiger partial charge in [-0.1, -0.05) is 0 Å². The van der Waals surface area contributed by atoms with Gasteiger partial charge in [-0.3, -0.25) is 10.1 Å². The SMILES string of the molecule is CC(C)N(CC1CCNCC1)c1ncc([N+](=O)[O-])s1. The van der Waals surface area contributed by atoms with Crippen molar-refractivity contribution in [1.82, 2.24) is 10.3 Å². The van der Waals surface area contributed by atoms with Crippen LogP contribution in [-0.2, 0) is 0 Å². The van der Waals surface area contributed by atoms with Gasteiger partial charge in [-0.25, -0.2) is 4.98 Å². The Labute approximate surface area is 117 Å². The van der Waals surface area contributed by atoms with E-state index >= 15 is 0 Å². The first kappa shape index (κ1) is 14.2. The molecule has 0 unspecified atom stereocenters. The summed E-state index contributed by atoms with van der Waals surface area (Å²) in [5.41, 5.74) is 0. The Morgan fingerprint density at radius 2 is 2.26 bits per heavy atom. The van der Waals surface area contributed by atoms with Gasteiger partial charge in [0.25, 0.3) is 0 Å².